The zero-order valence-electron chi connectivity index (χ0n) is 12.0. The van der Waals surface area contributed by atoms with Crippen molar-refractivity contribution in [2.75, 3.05) is 26.1 Å². The SMILES string of the molecule is COc1ccc(C)cc1-c1cc(C#N)nc(N(C)C)n1. The number of methoxy groups -OCH3 is 1. The van der Waals surface area contributed by atoms with E-state index in [0.29, 0.717) is 17.3 Å². The van der Waals surface area contributed by atoms with Gasteiger partial charge in [0.15, 0.2) is 0 Å². The number of anilines is 1. The van der Waals surface area contributed by atoms with Crippen molar-refractivity contribution in [3.05, 3.63) is 35.5 Å². The van der Waals surface area contributed by atoms with Gasteiger partial charge in [-0.25, -0.2) is 9.97 Å². The van der Waals surface area contributed by atoms with Crippen LogP contribution in [-0.2, 0) is 0 Å². The lowest BCUT2D eigenvalue weighted by Crippen LogP contribution is -2.13. The standard InChI is InChI=1S/C15H16N4O/c1-10-5-6-14(20-4)12(7-10)13-8-11(9-16)17-15(18-13)19(2)3/h5-8H,1-4H3. The largest absolute Gasteiger partial charge is 0.496 e. The van der Waals surface area contributed by atoms with Gasteiger partial charge in [0.1, 0.15) is 17.5 Å². The highest BCUT2D eigenvalue weighted by atomic mass is 16.5. The Hall–Kier alpha value is -2.61. The Kier molecular flexibility index (Phi) is 3.85. The molecule has 0 aliphatic rings. The first-order valence-corrected chi connectivity index (χ1v) is 6.16. The summed E-state index contributed by atoms with van der Waals surface area (Å²) in [5.74, 6) is 1.23. The normalized spacial score (nSPS) is 9.95. The summed E-state index contributed by atoms with van der Waals surface area (Å²) in [6.45, 7) is 2.00. The highest BCUT2D eigenvalue weighted by Gasteiger charge is 2.12. The number of rotatable bonds is 3. The summed E-state index contributed by atoms with van der Waals surface area (Å²) in [5, 5.41) is 9.11. The summed E-state index contributed by atoms with van der Waals surface area (Å²) in [6, 6.07) is 9.60. The van der Waals surface area contributed by atoms with Gasteiger partial charge in [-0.1, -0.05) is 11.6 Å². The maximum Gasteiger partial charge on any atom is 0.226 e. The van der Waals surface area contributed by atoms with E-state index in [0.717, 1.165) is 16.9 Å². The molecule has 0 aliphatic heterocycles. The molecule has 1 aromatic heterocycles. The zero-order chi connectivity index (χ0) is 14.7. The van der Waals surface area contributed by atoms with Crippen molar-refractivity contribution in [2.24, 2.45) is 0 Å². The van der Waals surface area contributed by atoms with E-state index in [9.17, 15) is 0 Å². The maximum absolute atomic E-state index is 9.11. The molecule has 2 rings (SSSR count). The molecule has 0 atom stereocenters. The van der Waals surface area contributed by atoms with Gasteiger partial charge >= 0.3 is 0 Å². The van der Waals surface area contributed by atoms with E-state index >= 15 is 0 Å². The van der Waals surface area contributed by atoms with Crippen LogP contribution in [0.25, 0.3) is 11.3 Å². The van der Waals surface area contributed by atoms with E-state index in [2.05, 4.69) is 16.0 Å². The Bertz CT molecular complexity index is 674. The van der Waals surface area contributed by atoms with Gasteiger partial charge in [-0.15, -0.1) is 0 Å². The summed E-state index contributed by atoms with van der Waals surface area (Å²) < 4.78 is 5.37. The Balaban J connectivity index is 2.66. The number of nitrogens with zero attached hydrogens (tertiary/aromatic N) is 4. The molecule has 0 aliphatic carbocycles. The van der Waals surface area contributed by atoms with Gasteiger partial charge in [0.25, 0.3) is 0 Å². The smallest absolute Gasteiger partial charge is 0.226 e. The number of hydrogen-bond acceptors (Lipinski definition) is 5. The van der Waals surface area contributed by atoms with E-state index in [1.807, 2.05) is 39.2 Å². The third kappa shape index (κ3) is 2.69. The minimum Gasteiger partial charge on any atom is -0.496 e. The van der Waals surface area contributed by atoms with Gasteiger partial charge in [-0.05, 0) is 19.1 Å². The third-order valence-electron chi connectivity index (χ3n) is 2.86. The van der Waals surface area contributed by atoms with Crippen LogP contribution in [0.2, 0.25) is 0 Å². The molecule has 0 saturated carbocycles. The monoisotopic (exact) mass is 268 g/mol. The van der Waals surface area contributed by atoms with Crippen LogP contribution in [0.3, 0.4) is 0 Å². The van der Waals surface area contributed by atoms with E-state index in [1.165, 1.54) is 0 Å². The predicted octanol–water partition coefficient (Wildman–Crippen LogP) is 2.40. The van der Waals surface area contributed by atoms with E-state index in [4.69, 9.17) is 10.00 Å². The molecule has 1 aromatic carbocycles. The molecular weight excluding hydrogens is 252 g/mol. The molecule has 0 spiro atoms. The lowest BCUT2D eigenvalue weighted by Gasteiger charge is -2.13. The molecule has 0 saturated heterocycles. The van der Waals surface area contributed by atoms with Gasteiger partial charge in [0.05, 0.1) is 12.8 Å². The number of aromatic nitrogens is 2. The second-order valence-electron chi connectivity index (χ2n) is 4.65. The highest BCUT2D eigenvalue weighted by Crippen LogP contribution is 2.30. The minimum atomic E-state index is 0.335. The van der Waals surface area contributed by atoms with Crippen molar-refractivity contribution in [2.45, 2.75) is 6.92 Å². The molecule has 0 unspecified atom stereocenters. The second-order valence-corrected chi connectivity index (χ2v) is 4.65. The van der Waals surface area contributed by atoms with Crippen LogP contribution in [0, 0.1) is 18.3 Å². The van der Waals surface area contributed by atoms with Crippen molar-refractivity contribution in [1.29, 1.82) is 5.26 Å². The Morgan fingerprint density at radius 3 is 2.55 bits per heavy atom. The predicted molar refractivity (Wildman–Crippen MR) is 77.8 cm³/mol. The van der Waals surface area contributed by atoms with Gasteiger partial charge in [-0.3, -0.25) is 0 Å². The van der Waals surface area contributed by atoms with Gasteiger partial charge < -0.3 is 9.64 Å². The Labute approximate surface area is 118 Å². The second kappa shape index (κ2) is 5.57. The highest BCUT2D eigenvalue weighted by molar-refractivity contribution is 5.69. The first-order valence-electron chi connectivity index (χ1n) is 6.16. The lowest BCUT2D eigenvalue weighted by molar-refractivity contribution is 0.416. The number of nitriles is 1. The van der Waals surface area contributed by atoms with Crippen LogP contribution in [0.4, 0.5) is 5.95 Å². The molecule has 5 heteroatoms. The lowest BCUT2D eigenvalue weighted by atomic mass is 10.1. The van der Waals surface area contributed by atoms with Crippen LogP contribution < -0.4 is 9.64 Å². The summed E-state index contributed by atoms with van der Waals surface area (Å²) in [7, 11) is 5.30. The fraction of sp³-hybridized carbons (Fsp3) is 0.267. The number of hydrogen-bond donors (Lipinski definition) is 0. The van der Waals surface area contributed by atoms with Gasteiger partial charge in [0, 0.05) is 25.7 Å². The fourth-order valence-electron chi connectivity index (χ4n) is 1.85. The van der Waals surface area contributed by atoms with Crippen LogP contribution in [0.1, 0.15) is 11.3 Å². The molecule has 0 N–H and O–H groups in total. The van der Waals surface area contributed by atoms with Crippen molar-refractivity contribution in [1.82, 2.24) is 9.97 Å². The number of aryl methyl sites for hydroxylation is 1. The van der Waals surface area contributed by atoms with Gasteiger partial charge in [-0.2, -0.15) is 5.26 Å². The van der Waals surface area contributed by atoms with Crippen LogP contribution >= 0.6 is 0 Å². The van der Waals surface area contributed by atoms with E-state index < -0.39 is 0 Å². The summed E-state index contributed by atoms with van der Waals surface area (Å²) >= 11 is 0. The Morgan fingerprint density at radius 1 is 1.20 bits per heavy atom. The zero-order valence-corrected chi connectivity index (χ0v) is 12.0. The molecule has 0 radical (unpaired) electrons. The molecule has 20 heavy (non-hydrogen) atoms. The first kappa shape index (κ1) is 13.8. The molecule has 102 valence electrons. The quantitative estimate of drug-likeness (QED) is 0.855. The first-order chi connectivity index (χ1) is 9.55. The minimum absolute atomic E-state index is 0.335. The summed E-state index contributed by atoms with van der Waals surface area (Å²) in [6.07, 6.45) is 0. The molecule has 0 bridgehead atoms. The van der Waals surface area contributed by atoms with E-state index in [1.54, 1.807) is 18.1 Å². The summed E-state index contributed by atoms with van der Waals surface area (Å²) in [4.78, 5) is 10.4. The molecular formula is C15H16N4O. The van der Waals surface area contributed by atoms with Crippen LogP contribution in [0.5, 0.6) is 5.75 Å². The third-order valence-corrected chi connectivity index (χ3v) is 2.86. The summed E-state index contributed by atoms with van der Waals surface area (Å²) in [5.41, 5.74) is 2.97. The van der Waals surface area contributed by atoms with E-state index in [-0.39, 0.29) is 0 Å². The maximum atomic E-state index is 9.11. The number of benzene rings is 1. The van der Waals surface area contributed by atoms with Crippen molar-refractivity contribution in [3.8, 4) is 23.1 Å². The van der Waals surface area contributed by atoms with Crippen molar-refractivity contribution in [3.63, 3.8) is 0 Å². The average Bonchev–Trinajstić information content (AvgIpc) is 2.46. The molecule has 1 heterocycles. The van der Waals surface area contributed by atoms with Crippen LogP contribution in [0.15, 0.2) is 24.3 Å². The van der Waals surface area contributed by atoms with Crippen molar-refractivity contribution < 1.29 is 4.74 Å². The van der Waals surface area contributed by atoms with Gasteiger partial charge in [0.2, 0.25) is 5.95 Å². The average molecular weight is 268 g/mol. The molecule has 0 fully saturated rings. The van der Waals surface area contributed by atoms with Crippen LogP contribution in [-0.4, -0.2) is 31.2 Å². The molecule has 5 nitrogen and oxygen atoms in total. The Morgan fingerprint density at radius 2 is 1.95 bits per heavy atom. The fourth-order valence-corrected chi connectivity index (χ4v) is 1.85. The molecule has 2 aromatic rings. The number of ether oxygens (including phenoxy) is 1. The topological polar surface area (TPSA) is 62.0 Å². The van der Waals surface area contributed by atoms with Crippen molar-refractivity contribution >= 4 is 5.95 Å². The molecule has 0 amide bonds.